The van der Waals surface area contributed by atoms with Gasteiger partial charge in [0.2, 0.25) is 0 Å². The zero-order valence-electron chi connectivity index (χ0n) is 13.1. The van der Waals surface area contributed by atoms with Crippen molar-refractivity contribution in [2.45, 2.75) is 6.42 Å². The third-order valence-electron chi connectivity index (χ3n) is 3.18. The lowest BCUT2D eigenvalue weighted by atomic mass is 10.1. The van der Waals surface area contributed by atoms with E-state index in [0.717, 1.165) is 24.3 Å². The number of nitrogens with one attached hydrogen (secondary N) is 1. The summed E-state index contributed by atoms with van der Waals surface area (Å²) in [5.41, 5.74) is 1.13. The van der Waals surface area contributed by atoms with Crippen LogP contribution >= 0.6 is 0 Å². The highest BCUT2D eigenvalue weighted by Crippen LogP contribution is 2.22. The number of hydrogen-bond acceptors (Lipinski definition) is 5. The zero-order chi connectivity index (χ0) is 15.9. The third-order valence-corrected chi connectivity index (χ3v) is 3.18. The lowest BCUT2D eigenvalue weighted by Gasteiger charge is -2.08. The molecule has 118 valence electrons. The number of methoxy groups -OCH3 is 1. The SMILES string of the molecule is COc1ccc(-c2cc(C(=O)NCCCN(C)C)no2)cc1. The molecule has 0 saturated heterocycles. The van der Waals surface area contributed by atoms with Crippen molar-refractivity contribution < 1.29 is 14.1 Å². The van der Waals surface area contributed by atoms with Crippen LogP contribution in [0.25, 0.3) is 11.3 Å². The van der Waals surface area contributed by atoms with Crippen molar-refractivity contribution in [2.24, 2.45) is 0 Å². The number of amides is 1. The molecule has 1 N–H and O–H groups in total. The topological polar surface area (TPSA) is 67.6 Å². The van der Waals surface area contributed by atoms with E-state index in [1.807, 2.05) is 38.4 Å². The molecule has 2 rings (SSSR count). The lowest BCUT2D eigenvalue weighted by Crippen LogP contribution is -2.27. The molecule has 0 saturated carbocycles. The number of hydrogen-bond donors (Lipinski definition) is 1. The van der Waals surface area contributed by atoms with E-state index in [-0.39, 0.29) is 11.6 Å². The monoisotopic (exact) mass is 303 g/mol. The van der Waals surface area contributed by atoms with Crippen molar-refractivity contribution in [1.29, 1.82) is 0 Å². The van der Waals surface area contributed by atoms with Gasteiger partial charge in [0, 0.05) is 18.2 Å². The molecule has 0 aliphatic heterocycles. The van der Waals surface area contributed by atoms with Gasteiger partial charge in [0.25, 0.3) is 5.91 Å². The second-order valence-electron chi connectivity index (χ2n) is 5.22. The summed E-state index contributed by atoms with van der Waals surface area (Å²) >= 11 is 0. The highest BCUT2D eigenvalue weighted by molar-refractivity contribution is 5.93. The summed E-state index contributed by atoms with van der Waals surface area (Å²) in [6, 6.07) is 9.02. The average Bonchev–Trinajstić information content (AvgIpc) is 3.01. The van der Waals surface area contributed by atoms with Crippen LogP contribution in [0.5, 0.6) is 5.75 Å². The Morgan fingerprint density at radius 3 is 2.68 bits per heavy atom. The molecule has 2 aromatic rings. The smallest absolute Gasteiger partial charge is 0.273 e. The van der Waals surface area contributed by atoms with E-state index in [1.54, 1.807) is 13.2 Å². The molecule has 0 fully saturated rings. The summed E-state index contributed by atoms with van der Waals surface area (Å²) in [4.78, 5) is 14.0. The van der Waals surface area contributed by atoms with Crippen LogP contribution in [0.1, 0.15) is 16.9 Å². The van der Waals surface area contributed by atoms with Crippen LogP contribution in [0.3, 0.4) is 0 Å². The largest absolute Gasteiger partial charge is 0.497 e. The molecule has 0 unspecified atom stereocenters. The Kier molecular flexibility index (Phi) is 5.55. The van der Waals surface area contributed by atoms with Crippen molar-refractivity contribution in [3.63, 3.8) is 0 Å². The molecule has 0 atom stereocenters. The second kappa shape index (κ2) is 7.61. The molecule has 6 nitrogen and oxygen atoms in total. The minimum absolute atomic E-state index is 0.220. The van der Waals surface area contributed by atoms with Gasteiger partial charge in [-0.05, 0) is 51.3 Å². The molecule has 0 bridgehead atoms. The highest BCUT2D eigenvalue weighted by Gasteiger charge is 2.13. The van der Waals surface area contributed by atoms with E-state index in [0.29, 0.717) is 12.3 Å². The van der Waals surface area contributed by atoms with Crippen LogP contribution in [0.2, 0.25) is 0 Å². The fourth-order valence-corrected chi connectivity index (χ4v) is 1.96. The number of carbonyl (C=O) groups excluding carboxylic acids is 1. The number of aromatic nitrogens is 1. The van der Waals surface area contributed by atoms with Gasteiger partial charge in [0.05, 0.1) is 7.11 Å². The molecule has 1 heterocycles. The first-order valence-corrected chi connectivity index (χ1v) is 7.14. The maximum Gasteiger partial charge on any atom is 0.273 e. The Bertz CT molecular complexity index is 605. The summed E-state index contributed by atoms with van der Waals surface area (Å²) in [7, 11) is 5.61. The predicted molar refractivity (Wildman–Crippen MR) is 84.0 cm³/mol. The summed E-state index contributed by atoms with van der Waals surface area (Å²) in [6.45, 7) is 1.54. The van der Waals surface area contributed by atoms with E-state index in [9.17, 15) is 4.79 Å². The van der Waals surface area contributed by atoms with Crippen LogP contribution in [0, 0.1) is 0 Å². The highest BCUT2D eigenvalue weighted by atomic mass is 16.5. The molecule has 6 heteroatoms. The first kappa shape index (κ1) is 16.0. The van der Waals surface area contributed by atoms with E-state index in [1.165, 1.54) is 0 Å². The molecule has 1 amide bonds. The Morgan fingerprint density at radius 1 is 1.32 bits per heavy atom. The van der Waals surface area contributed by atoms with Gasteiger partial charge in [0.1, 0.15) is 5.75 Å². The van der Waals surface area contributed by atoms with Gasteiger partial charge in [-0.1, -0.05) is 5.16 Å². The van der Waals surface area contributed by atoms with Gasteiger partial charge >= 0.3 is 0 Å². The van der Waals surface area contributed by atoms with Crippen LogP contribution < -0.4 is 10.1 Å². The van der Waals surface area contributed by atoms with Gasteiger partial charge in [-0.2, -0.15) is 0 Å². The molecule has 0 aliphatic carbocycles. The van der Waals surface area contributed by atoms with E-state index < -0.39 is 0 Å². The number of ether oxygens (including phenoxy) is 1. The Hall–Kier alpha value is -2.34. The fraction of sp³-hybridized carbons (Fsp3) is 0.375. The van der Waals surface area contributed by atoms with Crippen molar-refractivity contribution >= 4 is 5.91 Å². The van der Waals surface area contributed by atoms with E-state index in [4.69, 9.17) is 9.26 Å². The van der Waals surface area contributed by atoms with Crippen LogP contribution in [-0.2, 0) is 0 Å². The number of benzene rings is 1. The van der Waals surface area contributed by atoms with E-state index >= 15 is 0 Å². The molecule has 1 aromatic heterocycles. The molecular formula is C16H21N3O3. The normalized spacial score (nSPS) is 10.7. The molecule has 0 spiro atoms. The molecule has 0 radical (unpaired) electrons. The second-order valence-corrected chi connectivity index (χ2v) is 5.22. The summed E-state index contributed by atoms with van der Waals surface area (Å²) in [6.07, 6.45) is 0.891. The van der Waals surface area contributed by atoms with Crippen LogP contribution in [0.15, 0.2) is 34.9 Å². The minimum Gasteiger partial charge on any atom is -0.497 e. The lowest BCUT2D eigenvalue weighted by molar-refractivity contribution is 0.0943. The first-order valence-electron chi connectivity index (χ1n) is 7.14. The van der Waals surface area contributed by atoms with Crippen molar-refractivity contribution in [2.75, 3.05) is 34.3 Å². The average molecular weight is 303 g/mol. The predicted octanol–water partition coefficient (Wildman–Crippen LogP) is 2.03. The third kappa shape index (κ3) is 4.33. The molecule has 1 aromatic carbocycles. The Balaban J connectivity index is 1.93. The number of carbonyl (C=O) groups is 1. The first-order chi connectivity index (χ1) is 10.6. The van der Waals surface area contributed by atoms with Crippen LogP contribution in [-0.4, -0.2) is 50.3 Å². The molecule has 0 aliphatic rings. The zero-order valence-corrected chi connectivity index (χ0v) is 13.1. The van der Waals surface area contributed by atoms with Crippen molar-refractivity contribution in [3.8, 4) is 17.1 Å². The maximum atomic E-state index is 12.0. The Morgan fingerprint density at radius 2 is 2.05 bits per heavy atom. The molecule has 22 heavy (non-hydrogen) atoms. The minimum atomic E-state index is -0.220. The van der Waals surface area contributed by atoms with Gasteiger partial charge in [0.15, 0.2) is 11.5 Å². The summed E-state index contributed by atoms with van der Waals surface area (Å²) in [5, 5.41) is 6.65. The summed E-state index contributed by atoms with van der Waals surface area (Å²) in [5.74, 6) is 1.10. The van der Waals surface area contributed by atoms with Gasteiger partial charge in [-0.3, -0.25) is 4.79 Å². The van der Waals surface area contributed by atoms with Gasteiger partial charge in [-0.25, -0.2) is 0 Å². The fourth-order valence-electron chi connectivity index (χ4n) is 1.96. The van der Waals surface area contributed by atoms with Crippen molar-refractivity contribution in [1.82, 2.24) is 15.4 Å². The quantitative estimate of drug-likeness (QED) is 0.793. The van der Waals surface area contributed by atoms with Gasteiger partial charge in [-0.15, -0.1) is 0 Å². The number of rotatable bonds is 7. The number of nitrogens with zero attached hydrogens (tertiary/aromatic N) is 2. The molecular weight excluding hydrogens is 282 g/mol. The Labute approximate surface area is 130 Å². The maximum absolute atomic E-state index is 12.0. The van der Waals surface area contributed by atoms with E-state index in [2.05, 4.69) is 15.4 Å². The standard InChI is InChI=1S/C16H21N3O3/c1-19(2)10-4-9-17-16(20)14-11-15(22-18-14)12-5-7-13(21-3)8-6-12/h5-8,11H,4,9-10H2,1-3H3,(H,17,20). The van der Waals surface area contributed by atoms with Crippen LogP contribution in [0.4, 0.5) is 0 Å². The van der Waals surface area contributed by atoms with Gasteiger partial charge < -0.3 is 19.5 Å². The summed E-state index contributed by atoms with van der Waals surface area (Å²) < 4.78 is 10.3. The van der Waals surface area contributed by atoms with Crippen molar-refractivity contribution in [3.05, 3.63) is 36.0 Å².